The Morgan fingerprint density at radius 2 is 2.33 bits per heavy atom. The molecule has 0 rings (SSSR count). The quantitative estimate of drug-likeness (QED) is 0.354. The highest BCUT2D eigenvalue weighted by Gasteiger charge is 2.00. The predicted molar refractivity (Wildman–Crippen MR) is 42.4 cm³/mol. The molecule has 0 spiro atoms. The Morgan fingerprint density at radius 3 is 2.44 bits per heavy atom. The minimum Gasteiger partial charge on any atom is -0.369 e. The molecule has 4 heteroatoms. The predicted octanol–water partition coefficient (Wildman–Crippen LogP) is 0.870. The molecule has 0 aromatic heterocycles. The van der Waals surface area contributed by atoms with Gasteiger partial charge in [0.1, 0.15) is 0 Å². The Labute approximate surface area is 60.2 Å². The monoisotopic (exact) mass is 147 g/mol. The number of nitrogens with two attached hydrogens (primary N) is 1. The van der Waals surface area contributed by atoms with Gasteiger partial charge in [0.25, 0.3) is 0 Å². The van der Waals surface area contributed by atoms with Gasteiger partial charge < -0.3 is 5.73 Å². The lowest BCUT2D eigenvalue weighted by Crippen LogP contribution is -2.30. The molecule has 0 aliphatic heterocycles. The Balaban J connectivity index is 3.54. The van der Waals surface area contributed by atoms with Gasteiger partial charge >= 0.3 is 0 Å². The second kappa shape index (κ2) is 4.49. The van der Waals surface area contributed by atoms with E-state index in [9.17, 15) is 0 Å². The Kier molecular flexibility index (Phi) is 4.30. The van der Waals surface area contributed by atoms with Crippen molar-refractivity contribution in [3.63, 3.8) is 0 Å². The van der Waals surface area contributed by atoms with Gasteiger partial charge in [-0.15, -0.1) is 0 Å². The highest BCUT2D eigenvalue weighted by Crippen LogP contribution is 2.03. The third-order valence-electron chi connectivity index (χ3n) is 0.916. The first-order chi connectivity index (χ1) is 4.22. The van der Waals surface area contributed by atoms with Gasteiger partial charge in [0.05, 0.1) is 0 Å². The Bertz CT molecular complexity index is 94.2. The lowest BCUT2D eigenvalue weighted by Gasteiger charge is -2.17. The second-order valence-corrected chi connectivity index (χ2v) is 2.48. The molecule has 0 saturated heterocycles. The maximum absolute atomic E-state index is 7.04. The maximum atomic E-state index is 7.04. The van der Waals surface area contributed by atoms with Crippen LogP contribution in [0.2, 0.25) is 0 Å². The van der Waals surface area contributed by atoms with Gasteiger partial charge in [-0.05, 0) is 6.42 Å². The molecule has 0 unspecified atom stereocenters. The maximum Gasteiger partial charge on any atom is 0.198 e. The van der Waals surface area contributed by atoms with E-state index >= 15 is 0 Å². The van der Waals surface area contributed by atoms with E-state index in [1.54, 1.807) is 4.31 Å². The van der Waals surface area contributed by atoms with E-state index in [0.717, 1.165) is 13.0 Å². The first-order valence-electron chi connectivity index (χ1n) is 2.88. The Morgan fingerprint density at radius 1 is 1.78 bits per heavy atom. The smallest absolute Gasteiger partial charge is 0.198 e. The topological polar surface area (TPSA) is 53.1 Å². The molecule has 0 heterocycles. The van der Waals surface area contributed by atoms with Crippen LogP contribution in [0.25, 0.3) is 0 Å². The number of nitrogens with zero attached hydrogens (tertiary/aromatic N) is 1. The largest absolute Gasteiger partial charge is 0.369 e. The lowest BCUT2D eigenvalue weighted by atomic mass is 10.5. The van der Waals surface area contributed by atoms with E-state index in [1.807, 2.05) is 6.26 Å². The van der Waals surface area contributed by atoms with E-state index < -0.39 is 0 Å². The molecule has 3 nitrogen and oxygen atoms in total. The van der Waals surface area contributed by atoms with Crippen molar-refractivity contribution in [3.8, 4) is 0 Å². The van der Waals surface area contributed by atoms with Gasteiger partial charge in [-0.2, -0.15) is 0 Å². The van der Waals surface area contributed by atoms with Crippen molar-refractivity contribution in [1.82, 2.24) is 4.31 Å². The minimum absolute atomic E-state index is 0.143. The summed E-state index contributed by atoms with van der Waals surface area (Å²) >= 11 is 1.49. The van der Waals surface area contributed by atoms with E-state index in [-0.39, 0.29) is 5.96 Å². The summed E-state index contributed by atoms with van der Waals surface area (Å²) in [5.74, 6) is 0.143. The molecule has 0 amide bonds. The minimum atomic E-state index is 0.143. The zero-order valence-electron chi connectivity index (χ0n) is 5.85. The van der Waals surface area contributed by atoms with Crippen LogP contribution in [-0.4, -0.2) is 23.1 Å². The van der Waals surface area contributed by atoms with Crippen molar-refractivity contribution in [2.75, 3.05) is 12.8 Å². The molecule has 0 aromatic carbocycles. The third kappa shape index (κ3) is 3.24. The van der Waals surface area contributed by atoms with E-state index in [2.05, 4.69) is 6.92 Å². The van der Waals surface area contributed by atoms with Crippen LogP contribution in [0, 0.1) is 5.41 Å². The fourth-order valence-electron chi connectivity index (χ4n) is 0.513. The van der Waals surface area contributed by atoms with Crippen LogP contribution in [0.15, 0.2) is 0 Å². The van der Waals surface area contributed by atoms with Gasteiger partial charge in [0, 0.05) is 12.8 Å². The van der Waals surface area contributed by atoms with Crippen LogP contribution in [0.3, 0.4) is 0 Å². The van der Waals surface area contributed by atoms with Gasteiger partial charge in [-0.3, -0.25) is 9.71 Å². The summed E-state index contributed by atoms with van der Waals surface area (Å²) in [6.45, 7) is 2.92. The highest BCUT2D eigenvalue weighted by atomic mass is 32.2. The highest BCUT2D eigenvalue weighted by molar-refractivity contribution is 7.96. The standard InChI is InChI=1S/C5H13N3S/c1-3-4-8(9-2)5(6)7/h3-4H2,1-2H3,(H3,6,7). The van der Waals surface area contributed by atoms with Crippen molar-refractivity contribution in [1.29, 1.82) is 5.41 Å². The zero-order valence-corrected chi connectivity index (χ0v) is 6.66. The van der Waals surface area contributed by atoms with Crippen LogP contribution in [0.5, 0.6) is 0 Å². The normalized spacial score (nSPS) is 9.11. The van der Waals surface area contributed by atoms with Crippen molar-refractivity contribution < 1.29 is 0 Å². The average molecular weight is 147 g/mol. The fourth-order valence-corrected chi connectivity index (χ4v) is 1.08. The summed E-state index contributed by atoms with van der Waals surface area (Å²) in [7, 11) is 0. The first-order valence-corrected chi connectivity index (χ1v) is 4.06. The summed E-state index contributed by atoms with van der Waals surface area (Å²) in [6.07, 6.45) is 2.94. The molecule has 0 aromatic rings. The SMILES string of the molecule is CCCN(SC)C(=N)N. The van der Waals surface area contributed by atoms with Crippen molar-refractivity contribution in [3.05, 3.63) is 0 Å². The molecular weight excluding hydrogens is 134 g/mol. The summed E-state index contributed by atoms with van der Waals surface area (Å²) in [5, 5.41) is 7.04. The molecule has 0 saturated carbocycles. The van der Waals surface area contributed by atoms with Gasteiger partial charge in [0.15, 0.2) is 5.96 Å². The molecule has 54 valence electrons. The average Bonchev–Trinajstić information content (AvgIpc) is 1.82. The van der Waals surface area contributed by atoms with Crippen LogP contribution in [0.1, 0.15) is 13.3 Å². The third-order valence-corrected chi connectivity index (χ3v) is 1.74. The summed E-state index contributed by atoms with van der Waals surface area (Å²) < 4.78 is 1.75. The summed E-state index contributed by atoms with van der Waals surface area (Å²) in [5.41, 5.74) is 5.22. The van der Waals surface area contributed by atoms with Crippen LogP contribution >= 0.6 is 11.9 Å². The Hall–Kier alpha value is -0.380. The van der Waals surface area contributed by atoms with Crippen molar-refractivity contribution in [2.24, 2.45) is 5.73 Å². The zero-order chi connectivity index (χ0) is 7.28. The van der Waals surface area contributed by atoms with Crippen LogP contribution in [-0.2, 0) is 0 Å². The number of guanidine groups is 1. The van der Waals surface area contributed by atoms with Crippen LogP contribution in [0.4, 0.5) is 0 Å². The van der Waals surface area contributed by atoms with Gasteiger partial charge in [-0.25, -0.2) is 0 Å². The molecular formula is C5H13N3S. The molecule has 0 aliphatic carbocycles. The number of hydrogen-bond acceptors (Lipinski definition) is 2. The molecule has 0 fully saturated rings. The molecule has 0 atom stereocenters. The van der Waals surface area contributed by atoms with E-state index in [0.29, 0.717) is 0 Å². The van der Waals surface area contributed by atoms with Crippen molar-refractivity contribution >= 4 is 17.9 Å². The first kappa shape index (κ1) is 8.62. The van der Waals surface area contributed by atoms with Crippen molar-refractivity contribution in [2.45, 2.75) is 13.3 Å². The lowest BCUT2D eigenvalue weighted by molar-refractivity contribution is 0.644. The number of hydrogen-bond donors (Lipinski definition) is 2. The van der Waals surface area contributed by atoms with Gasteiger partial charge in [-0.1, -0.05) is 18.9 Å². The van der Waals surface area contributed by atoms with E-state index in [1.165, 1.54) is 11.9 Å². The number of nitrogens with one attached hydrogen (secondary N) is 1. The molecule has 0 aliphatic rings. The molecule has 3 N–H and O–H groups in total. The molecule has 9 heavy (non-hydrogen) atoms. The molecule has 0 radical (unpaired) electrons. The summed E-state index contributed by atoms with van der Waals surface area (Å²) in [6, 6.07) is 0. The number of rotatable bonds is 3. The second-order valence-electron chi connectivity index (χ2n) is 1.67. The molecule has 0 bridgehead atoms. The fraction of sp³-hybridized carbons (Fsp3) is 0.800. The van der Waals surface area contributed by atoms with Gasteiger partial charge in [0.2, 0.25) is 0 Å². The van der Waals surface area contributed by atoms with Crippen LogP contribution < -0.4 is 5.73 Å². The van der Waals surface area contributed by atoms with E-state index in [4.69, 9.17) is 11.1 Å². The summed E-state index contributed by atoms with van der Waals surface area (Å²) in [4.78, 5) is 0.